The lowest BCUT2D eigenvalue weighted by molar-refractivity contribution is -0.113. The van der Waals surface area contributed by atoms with Gasteiger partial charge >= 0.3 is 0 Å². The van der Waals surface area contributed by atoms with Crippen molar-refractivity contribution in [1.82, 2.24) is 10.2 Å². The van der Waals surface area contributed by atoms with Gasteiger partial charge in [-0.3, -0.25) is 9.89 Å². The van der Waals surface area contributed by atoms with Gasteiger partial charge < -0.3 is 14.8 Å². The number of rotatable bonds is 3. The van der Waals surface area contributed by atoms with E-state index in [-0.39, 0.29) is 11.2 Å². The number of amides is 1. The first-order valence-electron chi connectivity index (χ1n) is 6.39. The van der Waals surface area contributed by atoms with Gasteiger partial charge in [0.25, 0.3) is 0 Å². The van der Waals surface area contributed by atoms with Crippen LogP contribution in [0, 0.1) is 0 Å². The highest BCUT2D eigenvalue weighted by molar-refractivity contribution is 8.00. The van der Waals surface area contributed by atoms with Crippen molar-refractivity contribution in [3.8, 4) is 11.5 Å². The predicted octanol–water partition coefficient (Wildman–Crippen LogP) is 2.20. The number of aromatic nitrogens is 2. The summed E-state index contributed by atoms with van der Waals surface area (Å²) in [5, 5.41) is 9.62. The number of ether oxygens (including phenoxy) is 2. The number of nitrogens with one attached hydrogen (secondary N) is 2. The summed E-state index contributed by atoms with van der Waals surface area (Å²) in [6.07, 6.45) is 1.73. The third-order valence-electron chi connectivity index (χ3n) is 3.32. The van der Waals surface area contributed by atoms with Crippen LogP contribution in [0.15, 0.2) is 24.4 Å². The van der Waals surface area contributed by atoms with Crippen molar-refractivity contribution in [2.75, 3.05) is 25.3 Å². The molecule has 0 saturated carbocycles. The lowest BCUT2D eigenvalue weighted by Crippen LogP contribution is -2.12. The van der Waals surface area contributed by atoms with Crippen LogP contribution in [-0.2, 0) is 4.79 Å². The van der Waals surface area contributed by atoms with Gasteiger partial charge in [0.05, 0.1) is 31.4 Å². The molecule has 0 aliphatic carbocycles. The fraction of sp³-hybridized carbons (Fsp3) is 0.286. The maximum absolute atomic E-state index is 11.8. The largest absolute Gasteiger partial charge is 0.497 e. The summed E-state index contributed by atoms with van der Waals surface area (Å²) in [7, 11) is 3.26. The number of nitrogens with zero attached hydrogens (tertiary/aromatic N) is 1. The van der Waals surface area contributed by atoms with Crippen LogP contribution in [0.2, 0.25) is 0 Å². The molecule has 0 fully saturated rings. The maximum atomic E-state index is 11.8. The van der Waals surface area contributed by atoms with E-state index in [0.717, 1.165) is 22.6 Å². The second-order valence-corrected chi connectivity index (χ2v) is 5.64. The Morgan fingerprint density at radius 3 is 2.90 bits per heavy atom. The molecule has 7 heteroatoms. The molecule has 0 radical (unpaired) electrons. The van der Waals surface area contributed by atoms with Crippen molar-refractivity contribution < 1.29 is 14.3 Å². The molecular weight excluding hydrogens is 290 g/mol. The topological polar surface area (TPSA) is 76.2 Å². The summed E-state index contributed by atoms with van der Waals surface area (Å²) >= 11 is 1.53. The number of carbonyl (C=O) groups is 1. The van der Waals surface area contributed by atoms with Crippen LogP contribution >= 0.6 is 11.8 Å². The molecule has 0 saturated heterocycles. The fourth-order valence-corrected chi connectivity index (χ4v) is 3.43. The Labute approximate surface area is 126 Å². The molecule has 1 aliphatic rings. The molecule has 1 aliphatic heterocycles. The molecule has 0 spiro atoms. The third kappa shape index (κ3) is 2.56. The van der Waals surface area contributed by atoms with Gasteiger partial charge in [-0.05, 0) is 18.2 Å². The van der Waals surface area contributed by atoms with E-state index in [1.165, 1.54) is 11.8 Å². The first-order valence-corrected chi connectivity index (χ1v) is 7.44. The summed E-state index contributed by atoms with van der Waals surface area (Å²) in [6, 6.07) is 5.65. The van der Waals surface area contributed by atoms with E-state index in [4.69, 9.17) is 9.47 Å². The van der Waals surface area contributed by atoms with E-state index in [1.807, 2.05) is 18.2 Å². The predicted molar refractivity (Wildman–Crippen MR) is 81.1 cm³/mol. The molecular formula is C14H15N3O3S. The highest BCUT2D eigenvalue weighted by Gasteiger charge is 2.28. The van der Waals surface area contributed by atoms with Gasteiger partial charge in [0.2, 0.25) is 5.91 Å². The molecule has 0 bridgehead atoms. The summed E-state index contributed by atoms with van der Waals surface area (Å²) < 4.78 is 10.7. The standard InChI is InChI=1S/C14H15N3O3S/c1-19-8-3-4-11(20-2)9(5-8)13-10-6-15-17-14(10)16-12(18)7-21-13/h3-6,13H,7H2,1-2H3,(H2,15,16,17,18)/t13-/m1/s1. The van der Waals surface area contributed by atoms with Crippen LogP contribution in [-0.4, -0.2) is 36.1 Å². The molecule has 2 N–H and O–H groups in total. The molecule has 6 nitrogen and oxygen atoms in total. The Morgan fingerprint density at radius 2 is 2.14 bits per heavy atom. The van der Waals surface area contributed by atoms with Gasteiger partial charge in [0, 0.05) is 11.1 Å². The van der Waals surface area contributed by atoms with Crippen molar-refractivity contribution >= 4 is 23.5 Å². The fourth-order valence-electron chi connectivity index (χ4n) is 2.32. The average molecular weight is 305 g/mol. The number of fused-ring (bicyclic) bond motifs is 1. The highest BCUT2D eigenvalue weighted by atomic mass is 32.2. The van der Waals surface area contributed by atoms with Gasteiger partial charge in [-0.2, -0.15) is 5.10 Å². The van der Waals surface area contributed by atoms with Crippen molar-refractivity contribution in [3.63, 3.8) is 0 Å². The Bertz CT molecular complexity index is 671. The van der Waals surface area contributed by atoms with Crippen LogP contribution in [0.4, 0.5) is 5.82 Å². The lowest BCUT2D eigenvalue weighted by atomic mass is 10.0. The normalized spacial score (nSPS) is 17.6. The van der Waals surface area contributed by atoms with E-state index < -0.39 is 0 Å². The van der Waals surface area contributed by atoms with Crippen molar-refractivity contribution in [2.24, 2.45) is 0 Å². The Hall–Kier alpha value is -2.15. The molecule has 2 heterocycles. The quantitative estimate of drug-likeness (QED) is 0.909. The zero-order valence-corrected chi connectivity index (χ0v) is 12.5. The first kappa shape index (κ1) is 13.8. The van der Waals surface area contributed by atoms with Crippen molar-refractivity contribution in [3.05, 3.63) is 35.5 Å². The molecule has 1 atom stereocenters. The lowest BCUT2D eigenvalue weighted by Gasteiger charge is -2.18. The average Bonchev–Trinajstić information content (AvgIpc) is 2.89. The SMILES string of the molecule is COc1ccc(OC)c([C@H]2SCC(=O)Nc3[nH]ncc32)c1. The minimum atomic E-state index is -0.0530. The number of hydrogen-bond acceptors (Lipinski definition) is 5. The van der Waals surface area contributed by atoms with Crippen molar-refractivity contribution in [1.29, 1.82) is 0 Å². The maximum Gasteiger partial charge on any atom is 0.235 e. The molecule has 3 rings (SSSR count). The van der Waals surface area contributed by atoms with Crippen LogP contribution in [0.5, 0.6) is 11.5 Å². The number of aromatic amines is 1. The number of H-pyrrole nitrogens is 1. The Kier molecular flexibility index (Phi) is 3.74. The third-order valence-corrected chi connectivity index (χ3v) is 4.59. The minimum absolute atomic E-state index is 0.0464. The molecule has 2 aromatic rings. The summed E-state index contributed by atoms with van der Waals surface area (Å²) in [5.74, 6) is 2.47. The highest BCUT2D eigenvalue weighted by Crippen LogP contribution is 2.44. The second kappa shape index (κ2) is 5.69. The molecule has 0 unspecified atom stereocenters. The summed E-state index contributed by atoms with van der Waals surface area (Å²) in [5.41, 5.74) is 1.89. The Balaban J connectivity index is 2.10. The molecule has 110 valence electrons. The van der Waals surface area contributed by atoms with E-state index in [1.54, 1.807) is 20.4 Å². The zero-order chi connectivity index (χ0) is 14.8. The zero-order valence-electron chi connectivity index (χ0n) is 11.7. The van der Waals surface area contributed by atoms with Crippen LogP contribution in [0.3, 0.4) is 0 Å². The van der Waals surface area contributed by atoms with Crippen LogP contribution in [0.25, 0.3) is 0 Å². The molecule has 1 aromatic heterocycles. The first-order chi connectivity index (χ1) is 10.2. The van der Waals surface area contributed by atoms with Gasteiger partial charge in [-0.1, -0.05) is 0 Å². The number of carbonyl (C=O) groups excluding carboxylic acids is 1. The number of hydrogen-bond donors (Lipinski definition) is 2. The summed E-state index contributed by atoms with van der Waals surface area (Å²) in [4.78, 5) is 11.8. The monoisotopic (exact) mass is 305 g/mol. The Morgan fingerprint density at radius 1 is 1.29 bits per heavy atom. The van der Waals surface area contributed by atoms with Crippen molar-refractivity contribution in [2.45, 2.75) is 5.25 Å². The van der Waals surface area contributed by atoms with Gasteiger partial charge in [0.15, 0.2) is 0 Å². The smallest absolute Gasteiger partial charge is 0.235 e. The number of benzene rings is 1. The molecule has 21 heavy (non-hydrogen) atoms. The minimum Gasteiger partial charge on any atom is -0.497 e. The van der Waals surface area contributed by atoms with E-state index in [0.29, 0.717) is 11.6 Å². The summed E-state index contributed by atoms with van der Waals surface area (Å²) in [6.45, 7) is 0. The number of methoxy groups -OCH3 is 2. The van der Waals surface area contributed by atoms with Gasteiger partial charge in [-0.25, -0.2) is 0 Å². The number of anilines is 1. The van der Waals surface area contributed by atoms with Gasteiger partial charge in [0.1, 0.15) is 17.3 Å². The second-order valence-electron chi connectivity index (χ2n) is 4.55. The van der Waals surface area contributed by atoms with Gasteiger partial charge in [-0.15, -0.1) is 11.8 Å². The van der Waals surface area contributed by atoms with Crippen LogP contribution < -0.4 is 14.8 Å². The van der Waals surface area contributed by atoms with E-state index >= 15 is 0 Å². The molecule has 1 aromatic carbocycles. The van der Waals surface area contributed by atoms with E-state index in [2.05, 4.69) is 15.5 Å². The van der Waals surface area contributed by atoms with Crippen LogP contribution in [0.1, 0.15) is 16.4 Å². The number of thioether (sulfide) groups is 1. The molecule has 1 amide bonds. The van der Waals surface area contributed by atoms with E-state index in [9.17, 15) is 4.79 Å².